The van der Waals surface area contributed by atoms with Gasteiger partial charge in [0.05, 0.1) is 17.6 Å². The standard InChI is InChI=1S/C31H34F3N5O5S/c1-30(2,3)44-29(41)37-17-23(18-37)28(40)36-16-21-7-8-25-26(22-6-4-5-20(13-22)15-35)19-39(27(25)14-21)24-9-11-38(12-10-24)45(42,43)31(32,33)34/h4-8,13-14,19,23-24H,9-12,16-18H2,1-3H3,(H,36,40). The van der Waals surface area contributed by atoms with E-state index in [1.807, 2.05) is 35.0 Å². The van der Waals surface area contributed by atoms with Gasteiger partial charge in [-0.15, -0.1) is 0 Å². The monoisotopic (exact) mass is 645 g/mol. The van der Waals surface area contributed by atoms with Crippen LogP contribution in [0, 0.1) is 17.2 Å². The van der Waals surface area contributed by atoms with E-state index in [1.54, 1.807) is 39.0 Å². The molecule has 240 valence electrons. The first-order valence-electron chi connectivity index (χ1n) is 14.5. The molecule has 0 radical (unpaired) electrons. The van der Waals surface area contributed by atoms with E-state index in [9.17, 15) is 36.4 Å². The van der Waals surface area contributed by atoms with E-state index in [2.05, 4.69) is 11.4 Å². The summed E-state index contributed by atoms with van der Waals surface area (Å²) >= 11 is 0. The first-order valence-corrected chi connectivity index (χ1v) is 16.0. The van der Waals surface area contributed by atoms with E-state index < -0.39 is 27.2 Å². The van der Waals surface area contributed by atoms with Crippen molar-refractivity contribution in [3.8, 4) is 17.2 Å². The van der Waals surface area contributed by atoms with Gasteiger partial charge in [-0.1, -0.05) is 24.3 Å². The molecule has 2 aromatic carbocycles. The van der Waals surface area contributed by atoms with Crippen LogP contribution >= 0.6 is 0 Å². The van der Waals surface area contributed by atoms with Gasteiger partial charge < -0.3 is 19.5 Å². The number of nitrogens with zero attached hydrogens (tertiary/aromatic N) is 4. The van der Waals surface area contributed by atoms with Crippen molar-refractivity contribution >= 4 is 32.9 Å². The molecule has 0 spiro atoms. The summed E-state index contributed by atoms with van der Waals surface area (Å²) in [5.41, 5.74) is -2.35. The second kappa shape index (κ2) is 12.0. The molecular weight excluding hydrogens is 611 g/mol. The fraction of sp³-hybridized carbons (Fsp3) is 0.452. The van der Waals surface area contributed by atoms with Crippen LogP contribution in [0.5, 0.6) is 0 Å². The van der Waals surface area contributed by atoms with Crippen LogP contribution in [-0.2, 0) is 26.1 Å². The van der Waals surface area contributed by atoms with Gasteiger partial charge in [0, 0.05) is 61.4 Å². The van der Waals surface area contributed by atoms with Gasteiger partial charge in [-0.25, -0.2) is 13.2 Å². The van der Waals surface area contributed by atoms with Crippen molar-refractivity contribution in [2.75, 3.05) is 26.2 Å². The number of sulfonamides is 1. The van der Waals surface area contributed by atoms with E-state index in [-0.39, 0.29) is 63.4 Å². The number of rotatable bonds is 6. The summed E-state index contributed by atoms with van der Waals surface area (Å²) in [6, 6.07) is 14.6. The Balaban J connectivity index is 1.35. The fourth-order valence-corrected chi connectivity index (χ4v) is 6.64. The fourth-order valence-electron chi connectivity index (χ4n) is 5.66. The molecule has 2 saturated heterocycles. The second-order valence-corrected chi connectivity index (χ2v) is 14.3. The Bertz CT molecular complexity index is 1760. The lowest BCUT2D eigenvalue weighted by atomic mass is 9.99. The molecule has 5 rings (SSSR count). The lowest BCUT2D eigenvalue weighted by Crippen LogP contribution is -2.56. The molecule has 45 heavy (non-hydrogen) atoms. The van der Waals surface area contributed by atoms with Crippen molar-refractivity contribution in [1.29, 1.82) is 5.26 Å². The summed E-state index contributed by atoms with van der Waals surface area (Å²) in [4.78, 5) is 26.5. The van der Waals surface area contributed by atoms with Gasteiger partial charge in [0.2, 0.25) is 5.91 Å². The third-order valence-corrected chi connectivity index (χ3v) is 9.65. The SMILES string of the molecule is CC(C)(C)OC(=O)N1CC(C(=O)NCc2ccc3c(-c4cccc(C#N)c4)cn(C4CCN(S(=O)(=O)C(F)(F)F)CC4)c3c2)C1. The lowest BCUT2D eigenvalue weighted by molar-refractivity contribution is -0.129. The van der Waals surface area contributed by atoms with Gasteiger partial charge in [-0.05, 0) is 62.9 Å². The number of ether oxygens (including phenoxy) is 1. The molecule has 1 N–H and O–H groups in total. The predicted molar refractivity (Wildman–Crippen MR) is 160 cm³/mol. The molecule has 0 unspecified atom stereocenters. The van der Waals surface area contributed by atoms with Crippen molar-refractivity contribution in [1.82, 2.24) is 19.1 Å². The van der Waals surface area contributed by atoms with Crippen molar-refractivity contribution in [3.63, 3.8) is 0 Å². The van der Waals surface area contributed by atoms with Gasteiger partial charge >= 0.3 is 21.6 Å². The third-order valence-electron chi connectivity index (χ3n) is 8.02. The van der Waals surface area contributed by atoms with Gasteiger partial charge in [0.25, 0.3) is 0 Å². The number of likely N-dealkylation sites (tertiary alicyclic amines) is 1. The Morgan fingerprint density at radius 3 is 2.38 bits per heavy atom. The Morgan fingerprint density at radius 2 is 1.76 bits per heavy atom. The van der Waals surface area contributed by atoms with E-state index in [4.69, 9.17) is 4.74 Å². The maximum absolute atomic E-state index is 13.2. The highest BCUT2D eigenvalue weighted by atomic mass is 32.2. The van der Waals surface area contributed by atoms with Gasteiger partial charge in [0.15, 0.2) is 0 Å². The number of benzene rings is 2. The number of piperidine rings is 1. The Kier molecular flexibility index (Phi) is 8.63. The number of amides is 2. The molecule has 1 aromatic heterocycles. The van der Waals surface area contributed by atoms with E-state index >= 15 is 0 Å². The number of nitriles is 1. The number of halogens is 3. The zero-order valence-corrected chi connectivity index (χ0v) is 25.9. The number of fused-ring (bicyclic) bond motifs is 1. The molecule has 0 bridgehead atoms. The molecule has 0 atom stereocenters. The average Bonchev–Trinajstić information content (AvgIpc) is 3.33. The minimum absolute atomic E-state index is 0.174. The highest BCUT2D eigenvalue weighted by Crippen LogP contribution is 2.38. The first-order chi connectivity index (χ1) is 21.1. The van der Waals surface area contributed by atoms with E-state index in [0.29, 0.717) is 9.87 Å². The van der Waals surface area contributed by atoms with E-state index in [1.165, 1.54) is 4.90 Å². The molecule has 0 saturated carbocycles. The van der Waals surface area contributed by atoms with Crippen molar-refractivity contribution in [2.24, 2.45) is 5.92 Å². The van der Waals surface area contributed by atoms with Crippen LogP contribution in [0.25, 0.3) is 22.0 Å². The Hall–Kier alpha value is -4.09. The van der Waals surface area contributed by atoms with Gasteiger partial charge in [-0.2, -0.15) is 22.7 Å². The zero-order valence-electron chi connectivity index (χ0n) is 25.1. The number of aromatic nitrogens is 1. The minimum atomic E-state index is -5.41. The third kappa shape index (κ3) is 6.79. The van der Waals surface area contributed by atoms with Crippen LogP contribution in [0.3, 0.4) is 0 Å². The topological polar surface area (TPSA) is 125 Å². The normalized spacial score (nSPS) is 17.1. The van der Waals surface area contributed by atoms with Crippen LogP contribution < -0.4 is 5.32 Å². The maximum atomic E-state index is 13.2. The Labute approximate surface area is 259 Å². The quantitative estimate of drug-likeness (QED) is 0.396. The Morgan fingerprint density at radius 1 is 1.07 bits per heavy atom. The molecule has 10 nitrogen and oxygen atoms in total. The molecular formula is C31H34F3N5O5S. The summed E-state index contributed by atoms with van der Waals surface area (Å²) in [5.74, 6) is -0.556. The second-order valence-electron chi connectivity index (χ2n) is 12.4. The molecule has 2 aliphatic rings. The summed E-state index contributed by atoms with van der Waals surface area (Å²) in [6.45, 7) is 5.50. The number of carbonyl (C=O) groups is 2. The van der Waals surface area contributed by atoms with E-state index in [0.717, 1.165) is 27.6 Å². The largest absolute Gasteiger partial charge is 0.511 e. The molecule has 2 aliphatic heterocycles. The van der Waals surface area contributed by atoms with Crippen LogP contribution in [0.15, 0.2) is 48.7 Å². The summed E-state index contributed by atoms with van der Waals surface area (Å²) < 4.78 is 71.2. The predicted octanol–water partition coefficient (Wildman–Crippen LogP) is 5.15. The van der Waals surface area contributed by atoms with Crippen molar-refractivity contribution < 1.29 is 35.9 Å². The van der Waals surface area contributed by atoms with Crippen molar-refractivity contribution in [2.45, 2.75) is 57.3 Å². The van der Waals surface area contributed by atoms with Crippen LogP contribution in [0.1, 0.15) is 50.8 Å². The van der Waals surface area contributed by atoms with Crippen LogP contribution in [-0.4, -0.2) is 71.5 Å². The highest BCUT2D eigenvalue weighted by Gasteiger charge is 2.50. The van der Waals surface area contributed by atoms with Crippen LogP contribution in [0.2, 0.25) is 0 Å². The highest BCUT2D eigenvalue weighted by molar-refractivity contribution is 7.90. The zero-order chi connectivity index (χ0) is 32.7. The van der Waals surface area contributed by atoms with Gasteiger partial charge in [-0.3, -0.25) is 4.79 Å². The number of carbonyl (C=O) groups excluding carboxylic acids is 2. The number of alkyl halides is 3. The van der Waals surface area contributed by atoms with Crippen molar-refractivity contribution in [3.05, 3.63) is 59.8 Å². The minimum Gasteiger partial charge on any atom is -0.444 e. The number of nitrogens with one attached hydrogen (secondary N) is 1. The van der Waals surface area contributed by atoms with Crippen LogP contribution in [0.4, 0.5) is 18.0 Å². The first kappa shape index (κ1) is 32.3. The summed E-state index contributed by atoms with van der Waals surface area (Å²) in [5, 5.41) is 13.2. The number of hydrogen-bond donors (Lipinski definition) is 1. The molecule has 0 aliphatic carbocycles. The maximum Gasteiger partial charge on any atom is 0.511 e. The lowest BCUT2D eigenvalue weighted by Gasteiger charge is -2.38. The van der Waals surface area contributed by atoms with Gasteiger partial charge in [0.1, 0.15) is 5.60 Å². The molecule has 2 fully saturated rings. The molecule has 2 amide bonds. The average molecular weight is 646 g/mol. The number of hydrogen-bond acceptors (Lipinski definition) is 6. The summed E-state index contributed by atoms with van der Waals surface area (Å²) in [6.07, 6.45) is 1.78. The smallest absolute Gasteiger partial charge is 0.444 e. The molecule has 14 heteroatoms. The summed E-state index contributed by atoms with van der Waals surface area (Å²) in [7, 11) is -5.41. The molecule has 3 heterocycles. The molecule has 3 aromatic rings.